The molecule has 2 aromatic rings. The first-order valence-electron chi connectivity index (χ1n) is 11.0. The number of carbonyl (C=O) groups is 2. The van der Waals surface area contributed by atoms with Gasteiger partial charge < -0.3 is 14.8 Å². The molecule has 1 unspecified atom stereocenters. The zero-order valence-electron chi connectivity index (χ0n) is 20.3. The summed E-state index contributed by atoms with van der Waals surface area (Å²) in [5, 5.41) is 14.5. The van der Waals surface area contributed by atoms with E-state index in [0.29, 0.717) is 17.0 Å². The number of hydrogen-bond donors (Lipinski definition) is 1. The molecule has 0 amide bonds. The lowest BCUT2D eigenvalue weighted by molar-refractivity contribution is -0.384. The van der Waals surface area contributed by atoms with Crippen molar-refractivity contribution in [3.05, 3.63) is 104 Å². The highest BCUT2D eigenvalue weighted by Gasteiger charge is 2.39. The summed E-state index contributed by atoms with van der Waals surface area (Å²) < 4.78 is 10.8. The molecule has 0 fully saturated rings. The van der Waals surface area contributed by atoms with Crippen LogP contribution in [-0.4, -0.2) is 29.6 Å². The molecular formula is C27H28N2O6. The van der Waals surface area contributed by atoms with Crippen LogP contribution in [0.15, 0.2) is 83.2 Å². The summed E-state index contributed by atoms with van der Waals surface area (Å²) in [6, 6.07) is 15.5. The molecule has 0 bridgehead atoms. The number of hydrogen-bond acceptors (Lipinski definition) is 7. The van der Waals surface area contributed by atoms with Gasteiger partial charge in [-0.2, -0.15) is 0 Å². The van der Waals surface area contributed by atoms with Crippen molar-refractivity contribution in [3.63, 3.8) is 0 Å². The highest BCUT2D eigenvalue weighted by molar-refractivity contribution is 6.00. The van der Waals surface area contributed by atoms with Gasteiger partial charge in [-0.05, 0) is 44.9 Å². The fraction of sp³-hybridized carbons (Fsp3) is 0.259. The van der Waals surface area contributed by atoms with Gasteiger partial charge in [0.2, 0.25) is 0 Å². The molecule has 0 saturated heterocycles. The number of nitrogens with zero attached hydrogens (tertiary/aromatic N) is 1. The van der Waals surface area contributed by atoms with Crippen molar-refractivity contribution >= 4 is 23.7 Å². The first-order valence-corrected chi connectivity index (χ1v) is 11.0. The molecule has 3 rings (SSSR count). The van der Waals surface area contributed by atoms with Crippen molar-refractivity contribution in [2.24, 2.45) is 0 Å². The molecule has 35 heavy (non-hydrogen) atoms. The van der Waals surface area contributed by atoms with Crippen LogP contribution in [0, 0.1) is 10.1 Å². The largest absolute Gasteiger partial charge is 0.466 e. The van der Waals surface area contributed by atoms with Crippen LogP contribution in [0.2, 0.25) is 0 Å². The third-order valence-corrected chi connectivity index (χ3v) is 5.63. The second-order valence-electron chi connectivity index (χ2n) is 8.72. The molecule has 182 valence electrons. The van der Waals surface area contributed by atoms with Crippen molar-refractivity contribution in [2.75, 3.05) is 7.11 Å². The maximum Gasteiger partial charge on any atom is 0.337 e. The molecular weight excluding hydrogens is 448 g/mol. The summed E-state index contributed by atoms with van der Waals surface area (Å²) in [4.78, 5) is 37.2. The average molecular weight is 477 g/mol. The predicted octanol–water partition coefficient (Wildman–Crippen LogP) is 5.04. The summed E-state index contributed by atoms with van der Waals surface area (Å²) in [6.45, 7) is 6.89. The highest BCUT2D eigenvalue weighted by Crippen LogP contribution is 2.40. The van der Waals surface area contributed by atoms with E-state index < -0.39 is 28.4 Å². The third-order valence-electron chi connectivity index (χ3n) is 5.63. The van der Waals surface area contributed by atoms with Gasteiger partial charge in [0.1, 0.15) is 5.60 Å². The van der Waals surface area contributed by atoms with Crippen molar-refractivity contribution in [1.29, 1.82) is 0 Å². The maximum absolute atomic E-state index is 13.5. The first-order chi connectivity index (χ1) is 16.5. The summed E-state index contributed by atoms with van der Waals surface area (Å²) in [5.41, 5.74) is 1.57. The lowest BCUT2D eigenvalue weighted by Crippen LogP contribution is -2.35. The molecule has 8 heteroatoms. The molecule has 0 spiro atoms. The quantitative estimate of drug-likeness (QED) is 0.339. The molecule has 0 aliphatic carbocycles. The van der Waals surface area contributed by atoms with Gasteiger partial charge in [0.25, 0.3) is 5.69 Å². The highest BCUT2D eigenvalue weighted by atomic mass is 16.6. The third kappa shape index (κ3) is 5.84. The lowest BCUT2D eigenvalue weighted by Gasteiger charge is -2.32. The SMILES string of the molecule is COC(=O)C1=C(C)NC(C)=C(C(=O)OC(C)(C)/C=C/c2ccccc2)C1c1cccc([N+](=O)[O-])c1. The van der Waals surface area contributed by atoms with E-state index in [4.69, 9.17) is 9.47 Å². The van der Waals surface area contributed by atoms with E-state index in [0.717, 1.165) is 5.56 Å². The van der Waals surface area contributed by atoms with E-state index in [9.17, 15) is 19.7 Å². The Hall–Kier alpha value is -4.20. The first kappa shape index (κ1) is 25.4. The van der Waals surface area contributed by atoms with Gasteiger partial charge in [-0.25, -0.2) is 9.59 Å². The fourth-order valence-electron chi connectivity index (χ4n) is 3.99. The number of dihydropyridines is 1. The van der Waals surface area contributed by atoms with Crippen LogP contribution in [0.3, 0.4) is 0 Å². The molecule has 8 nitrogen and oxygen atoms in total. The molecule has 0 saturated carbocycles. The zero-order chi connectivity index (χ0) is 25.8. The number of methoxy groups -OCH3 is 1. The van der Waals surface area contributed by atoms with Gasteiger partial charge in [0.15, 0.2) is 0 Å². The molecule has 0 aromatic heterocycles. The Bertz CT molecular complexity index is 1240. The van der Waals surface area contributed by atoms with Gasteiger partial charge in [-0.3, -0.25) is 10.1 Å². The van der Waals surface area contributed by atoms with E-state index in [2.05, 4.69) is 5.32 Å². The minimum absolute atomic E-state index is 0.153. The lowest BCUT2D eigenvalue weighted by atomic mass is 9.80. The number of nitro groups is 1. The van der Waals surface area contributed by atoms with Gasteiger partial charge in [-0.15, -0.1) is 0 Å². The Balaban J connectivity index is 2.03. The molecule has 1 N–H and O–H groups in total. The number of esters is 2. The van der Waals surface area contributed by atoms with Crippen LogP contribution in [0.25, 0.3) is 6.08 Å². The second-order valence-corrected chi connectivity index (χ2v) is 8.72. The van der Waals surface area contributed by atoms with Crippen LogP contribution in [-0.2, 0) is 19.1 Å². The van der Waals surface area contributed by atoms with Gasteiger partial charge in [0.05, 0.1) is 29.1 Å². The molecule has 0 radical (unpaired) electrons. The summed E-state index contributed by atoms with van der Waals surface area (Å²) in [7, 11) is 1.24. The van der Waals surface area contributed by atoms with E-state index in [1.165, 1.54) is 25.3 Å². The number of nitro benzene ring substituents is 1. The fourth-order valence-corrected chi connectivity index (χ4v) is 3.99. The maximum atomic E-state index is 13.5. The van der Waals surface area contributed by atoms with E-state index >= 15 is 0 Å². The van der Waals surface area contributed by atoms with Crippen LogP contribution < -0.4 is 5.32 Å². The Kier molecular flexibility index (Phi) is 7.54. The topological polar surface area (TPSA) is 108 Å². The average Bonchev–Trinajstić information content (AvgIpc) is 2.82. The standard InChI is InChI=1S/C27H28N2O6/c1-17-22(25(30)34-5)24(20-12-9-13-21(16-20)29(32)33)23(18(2)28-17)26(31)35-27(3,4)15-14-19-10-7-6-8-11-19/h6-16,24,28H,1-5H3/b15-14+. The number of carbonyl (C=O) groups excluding carboxylic acids is 2. The predicted molar refractivity (Wildman–Crippen MR) is 132 cm³/mol. The number of benzene rings is 2. The Morgan fingerprint density at radius 3 is 2.23 bits per heavy atom. The van der Waals surface area contributed by atoms with Crippen LogP contribution in [0.1, 0.15) is 44.7 Å². The Morgan fingerprint density at radius 1 is 1.00 bits per heavy atom. The van der Waals surface area contributed by atoms with E-state index in [1.807, 2.05) is 36.4 Å². The van der Waals surface area contributed by atoms with Crippen LogP contribution in [0.4, 0.5) is 5.69 Å². The Morgan fingerprint density at radius 2 is 1.63 bits per heavy atom. The summed E-state index contributed by atoms with van der Waals surface area (Å²) >= 11 is 0. The smallest absolute Gasteiger partial charge is 0.337 e. The van der Waals surface area contributed by atoms with Gasteiger partial charge >= 0.3 is 11.9 Å². The van der Waals surface area contributed by atoms with Crippen molar-refractivity contribution < 1.29 is 24.0 Å². The summed E-state index contributed by atoms with van der Waals surface area (Å²) in [5.74, 6) is -2.21. The van der Waals surface area contributed by atoms with Crippen molar-refractivity contribution in [1.82, 2.24) is 5.32 Å². The minimum Gasteiger partial charge on any atom is -0.466 e. The second kappa shape index (κ2) is 10.4. The van der Waals surface area contributed by atoms with E-state index in [-0.39, 0.29) is 16.8 Å². The number of rotatable bonds is 7. The Labute approximate surface area is 204 Å². The number of nitrogens with one attached hydrogen (secondary N) is 1. The summed E-state index contributed by atoms with van der Waals surface area (Å²) in [6.07, 6.45) is 3.63. The molecule has 1 heterocycles. The number of ether oxygens (including phenoxy) is 2. The van der Waals surface area contributed by atoms with Crippen LogP contribution in [0.5, 0.6) is 0 Å². The molecule has 2 aromatic carbocycles. The number of non-ortho nitro benzene ring substituents is 1. The molecule has 1 aliphatic heterocycles. The molecule has 1 atom stereocenters. The van der Waals surface area contributed by atoms with Crippen molar-refractivity contribution in [3.8, 4) is 0 Å². The van der Waals surface area contributed by atoms with E-state index in [1.54, 1.807) is 39.8 Å². The monoisotopic (exact) mass is 476 g/mol. The number of allylic oxidation sites excluding steroid dienone is 2. The van der Waals surface area contributed by atoms with Crippen LogP contribution >= 0.6 is 0 Å². The normalized spacial score (nSPS) is 16.2. The van der Waals surface area contributed by atoms with Gasteiger partial charge in [0, 0.05) is 23.5 Å². The van der Waals surface area contributed by atoms with Gasteiger partial charge in [-0.1, -0.05) is 48.5 Å². The van der Waals surface area contributed by atoms with Crippen molar-refractivity contribution in [2.45, 2.75) is 39.2 Å². The molecule has 1 aliphatic rings. The minimum atomic E-state index is -0.977. The zero-order valence-corrected chi connectivity index (χ0v) is 20.3.